The van der Waals surface area contributed by atoms with Crippen molar-refractivity contribution in [3.05, 3.63) is 109 Å². The molecular weight excluding hydrogens is 350 g/mol. The monoisotopic (exact) mass is 377 g/mol. The van der Waals surface area contributed by atoms with Crippen molar-refractivity contribution in [1.82, 2.24) is 0 Å². The van der Waals surface area contributed by atoms with Crippen LogP contribution in [0.2, 0.25) is 0 Å². The van der Waals surface area contributed by atoms with Gasteiger partial charge in [-0.05, 0) is 57.5 Å². The second kappa shape index (κ2) is 7.97. The second-order valence-corrected chi connectivity index (χ2v) is 8.48. The molecule has 0 aliphatic heterocycles. The summed E-state index contributed by atoms with van der Waals surface area (Å²) in [6, 6.07) is 36.5. The summed E-state index contributed by atoms with van der Waals surface area (Å²) in [4.78, 5) is 0. The van der Waals surface area contributed by atoms with Crippen LogP contribution in [0, 0.1) is 0 Å². The summed E-state index contributed by atoms with van der Waals surface area (Å²) < 4.78 is 0. The number of rotatable bonds is 4. The summed E-state index contributed by atoms with van der Waals surface area (Å²) in [6.45, 7) is 6.74. The lowest BCUT2D eigenvalue weighted by atomic mass is 9.86. The summed E-state index contributed by atoms with van der Waals surface area (Å²) in [6.07, 6.45) is 0. The van der Waals surface area contributed by atoms with Crippen molar-refractivity contribution in [3.63, 3.8) is 0 Å². The number of benzene rings is 4. The molecule has 0 amide bonds. The summed E-state index contributed by atoms with van der Waals surface area (Å²) in [5.41, 5.74) is 8.64. The Labute approximate surface area is 174 Å². The van der Waals surface area contributed by atoms with Crippen molar-refractivity contribution in [2.45, 2.75) is 26.2 Å². The first-order chi connectivity index (χ1) is 14.0. The third-order valence-electron chi connectivity index (χ3n) is 5.23. The molecule has 0 bridgehead atoms. The van der Waals surface area contributed by atoms with E-state index in [4.69, 9.17) is 0 Å². The molecule has 0 saturated heterocycles. The minimum Gasteiger partial charge on any atom is -0.356 e. The van der Waals surface area contributed by atoms with E-state index >= 15 is 0 Å². The maximum atomic E-state index is 3.52. The molecule has 0 spiro atoms. The summed E-state index contributed by atoms with van der Waals surface area (Å²) in [5.74, 6) is 0. The number of hydrogen-bond donors (Lipinski definition) is 1. The van der Waals surface area contributed by atoms with Crippen molar-refractivity contribution in [3.8, 4) is 22.3 Å². The molecule has 0 aliphatic carbocycles. The molecule has 1 nitrogen and oxygen atoms in total. The fraction of sp³-hybridized carbons (Fsp3) is 0.143. The Morgan fingerprint density at radius 2 is 1.03 bits per heavy atom. The second-order valence-electron chi connectivity index (χ2n) is 8.48. The van der Waals surface area contributed by atoms with Crippen LogP contribution in [-0.2, 0) is 5.41 Å². The van der Waals surface area contributed by atoms with E-state index in [0.29, 0.717) is 0 Å². The van der Waals surface area contributed by atoms with Crippen molar-refractivity contribution >= 4 is 11.4 Å². The van der Waals surface area contributed by atoms with Crippen molar-refractivity contribution in [2.75, 3.05) is 5.32 Å². The van der Waals surface area contributed by atoms with Crippen LogP contribution >= 0.6 is 0 Å². The van der Waals surface area contributed by atoms with Gasteiger partial charge >= 0.3 is 0 Å². The highest BCUT2D eigenvalue weighted by molar-refractivity contribution is 5.72. The first kappa shape index (κ1) is 19.0. The molecule has 0 fully saturated rings. The molecule has 1 heteroatoms. The third-order valence-corrected chi connectivity index (χ3v) is 5.23. The fourth-order valence-corrected chi connectivity index (χ4v) is 3.48. The smallest absolute Gasteiger partial charge is 0.0390 e. The van der Waals surface area contributed by atoms with Crippen LogP contribution < -0.4 is 5.32 Å². The zero-order valence-corrected chi connectivity index (χ0v) is 17.3. The van der Waals surface area contributed by atoms with E-state index in [1.54, 1.807) is 0 Å². The molecule has 4 aromatic carbocycles. The molecule has 0 radical (unpaired) electrons. The number of nitrogens with one attached hydrogen (secondary N) is 1. The van der Waals surface area contributed by atoms with Gasteiger partial charge in [0.25, 0.3) is 0 Å². The zero-order chi connectivity index (χ0) is 20.3. The van der Waals surface area contributed by atoms with E-state index in [2.05, 4.69) is 123 Å². The maximum absolute atomic E-state index is 3.52. The Morgan fingerprint density at radius 1 is 0.483 bits per heavy atom. The molecule has 0 unspecified atom stereocenters. The van der Waals surface area contributed by atoms with E-state index in [1.807, 2.05) is 6.07 Å². The Bertz CT molecular complexity index is 1070. The van der Waals surface area contributed by atoms with E-state index in [9.17, 15) is 0 Å². The van der Waals surface area contributed by atoms with Crippen LogP contribution in [0.4, 0.5) is 11.4 Å². The average Bonchev–Trinajstić information content (AvgIpc) is 2.75. The van der Waals surface area contributed by atoms with Crippen molar-refractivity contribution in [1.29, 1.82) is 0 Å². The lowest BCUT2D eigenvalue weighted by molar-refractivity contribution is 0.590. The Morgan fingerprint density at radius 3 is 1.66 bits per heavy atom. The molecule has 29 heavy (non-hydrogen) atoms. The Kier molecular flexibility index (Phi) is 5.22. The van der Waals surface area contributed by atoms with Crippen LogP contribution in [0.25, 0.3) is 22.3 Å². The highest BCUT2D eigenvalue weighted by Gasteiger charge is 2.13. The molecule has 4 aromatic rings. The van der Waals surface area contributed by atoms with Gasteiger partial charge in [0.05, 0.1) is 0 Å². The van der Waals surface area contributed by atoms with Crippen molar-refractivity contribution < 1.29 is 0 Å². The molecule has 144 valence electrons. The van der Waals surface area contributed by atoms with E-state index in [1.165, 1.54) is 27.8 Å². The van der Waals surface area contributed by atoms with Gasteiger partial charge in [0.15, 0.2) is 0 Å². The van der Waals surface area contributed by atoms with Gasteiger partial charge < -0.3 is 5.32 Å². The molecule has 0 aliphatic rings. The molecule has 0 aromatic heterocycles. The third kappa shape index (κ3) is 4.57. The minimum atomic E-state index is 0.181. The van der Waals surface area contributed by atoms with Crippen molar-refractivity contribution in [2.24, 2.45) is 0 Å². The van der Waals surface area contributed by atoms with Crippen LogP contribution in [0.15, 0.2) is 103 Å². The topological polar surface area (TPSA) is 12.0 Å². The quantitative estimate of drug-likeness (QED) is 0.379. The van der Waals surface area contributed by atoms with E-state index in [0.717, 1.165) is 11.4 Å². The predicted octanol–water partition coefficient (Wildman–Crippen LogP) is 8.06. The van der Waals surface area contributed by atoms with Gasteiger partial charge in [-0.3, -0.25) is 0 Å². The molecule has 4 rings (SSSR count). The maximum Gasteiger partial charge on any atom is 0.0390 e. The average molecular weight is 378 g/mol. The predicted molar refractivity (Wildman–Crippen MR) is 126 cm³/mol. The zero-order valence-electron chi connectivity index (χ0n) is 17.3. The molecule has 1 N–H and O–H groups in total. The molecular formula is C28H27N. The molecule has 0 saturated carbocycles. The van der Waals surface area contributed by atoms with Crippen LogP contribution in [0.3, 0.4) is 0 Å². The van der Waals surface area contributed by atoms with Gasteiger partial charge in [-0.15, -0.1) is 0 Å². The summed E-state index contributed by atoms with van der Waals surface area (Å²) in [5, 5.41) is 3.52. The van der Waals surface area contributed by atoms with Gasteiger partial charge in [0.1, 0.15) is 0 Å². The van der Waals surface area contributed by atoms with Crippen LogP contribution in [0.5, 0.6) is 0 Å². The Hall–Kier alpha value is -3.32. The fourth-order valence-electron chi connectivity index (χ4n) is 3.48. The van der Waals surface area contributed by atoms with Gasteiger partial charge in [-0.25, -0.2) is 0 Å². The van der Waals surface area contributed by atoms with Gasteiger partial charge in [0.2, 0.25) is 0 Å². The van der Waals surface area contributed by atoms with Gasteiger partial charge in [-0.1, -0.05) is 99.6 Å². The van der Waals surface area contributed by atoms with Crippen LogP contribution in [0.1, 0.15) is 26.3 Å². The normalized spacial score (nSPS) is 11.3. The van der Waals surface area contributed by atoms with Crippen LogP contribution in [-0.4, -0.2) is 0 Å². The lowest BCUT2D eigenvalue weighted by Crippen LogP contribution is -2.10. The Balaban J connectivity index is 1.50. The molecule has 0 heterocycles. The number of hydrogen-bond acceptors (Lipinski definition) is 1. The standard InChI is InChI=1S/C28H27N/c1-28(2,3)25-16-12-22(13-17-25)23-14-18-26(19-15-23)29-27-11-7-10-24(20-27)21-8-5-4-6-9-21/h4-20,29H,1-3H3. The van der Waals surface area contributed by atoms with E-state index in [-0.39, 0.29) is 5.41 Å². The van der Waals surface area contributed by atoms with Gasteiger partial charge in [0, 0.05) is 11.4 Å². The highest BCUT2D eigenvalue weighted by atomic mass is 14.9. The lowest BCUT2D eigenvalue weighted by Gasteiger charge is -2.19. The first-order valence-corrected chi connectivity index (χ1v) is 10.1. The largest absolute Gasteiger partial charge is 0.356 e. The summed E-state index contributed by atoms with van der Waals surface area (Å²) >= 11 is 0. The molecule has 0 atom stereocenters. The minimum absolute atomic E-state index is 0.181. The van der Waals surface area contributed by atoms with E-state index < -0.39 is 0 Å². The summed E-state index contributed by atoms with van der Waals surface area (Å²) in [7, 11) is 0. The SMILES string of the molecule is CC(C)(C)c1ccc(-c2ccc(Nc3cccc(-c4ccccc4)c3)cc2)cc1. The van der Waals surface area contributed by atoms with Gasteiger partial charge in [-0.2, -0.15) is 0 Å². The number of anilines is 2. The first-order valence-electron chi connectivity index (χ1n) is 10.1. The highest BCUT2D eigenvalue weighted by Crippen LogP contribution is 2.28.